The molecule has 0 fully saturated rings. The summed E-state index contributed by atoms with van der Waals surface area (Å²) >= 11 is 0. The van der Waals surface area contributed by atoms with Crippen LogP contribution in [0.25, 0.3) is 6.08 Å². The number of nitrogens with one attached hydrogen (secondary N) is 2. The maximum Gasteiger partial charge on any atom is 0.271 e. The molecule has 0 aliphatic heterocycles. The predicted molar refractivity (Wildman–Crippen MR) is 88.6 cm³/mol. The number of nitrogens with zero attached hydrogens (tertiary/aromatic N) is 1. The molecule has 0 spiro atoms. The molecule has 0 bridgehead atoms. The molecule has 0 aliphatic carbocycles. The molecule has 0 radical (unpaired) electrons. The molecule has 0 saturated carbocycles. The van der Waals surface area contributed by atoms with Crippen LogP contribution in [0.3, 0.4) is 0 Å². The van der Waals surface area contributed by atoms with E-state index in [0.717, 1.165) is 6.08 Å². The van der Waals surface area contributed by atoms with Gasteiger partial charge in [0.15, 0.2) is 0 Å². The fourth-order valence-corrected chi connectivity index (χ4v) is 1.83. The Balaban J connectivity index is 2.02. The largest absolute Gasteiger partial charge is 0.508 e. The summed E-state index contributed by atoms with van der Waals surface area (Å²) < 4.78 is 0. The molecule has 2 amide bonds. The molecule has 7 nitrogen and oxygen atoms in total. The lowest BCUT2D eigenvalue weighted by molar-refractivity contribution is -0.124. The van der Waals surface area contributed by atoms with Crippen LogP contribution >= 0.6 is 0 Å². The van der Waals surface area contributed by atoms with Gasteiger partial charge in [-0.2, -0.15) is 5.10 Å². The van der Waals surface area contributed by atoms with Crippen molar-refractivity contribution in [2.24, 2.45) is 5.10 Å². The minimum atomic E-state index is -0.666. The number of amides is 2. The second-order valence-corrected chi connectivity index (χ2v) is 4.73. The summed E-state index contributed by atoms with van der Waals surface area (Å²) in [5.74, 6) is -0.981. The van der Waals surface area contributed by atoms with Gasteiger partial charge < -0.3 is 5.11 Å². The van der Waals surface area contributed by atoms with E-state index in [1.54, 1.807) is 36.4 Å². The van der Waals surface area contributed by atoms with Gasteiger partial charge in [0.2, 0.25) is 0 Å². The van der Waals surface area contributed by atoms with Gasteiger partial charge in [-0.1, -0.05) is 24.3 Å². The Morgan fingerprint density at radius 3 is 2.54 bits per heavy atom. The highest BCUT2D eigenvalue weighted by Crippen LogP contribution is 2.09. The highest BCUT2D eigenvalue weighted by atomic mass is 16.5. The smallest absolute Gasteiger partial charge is 0.271 e. The number of aromatic hydroxyl groups is 1. The number of hydrogen-bond donors (Lipinski definition) is 4. The first-order valence-electron chi connectivity index (χ1n) is 6.93. The van der Waals surface area contributed by atoms with Crippen LogP contribution in [0.1, 0.15) is 21.5 Å². The van der Waals surface area contributed by atoms with Crippen molar-refractivity contribution in [2.45, 2.75) is 0 Å². The van der Waals surface area contributed by atoms with E-state index < -0.39 is 11.8 Å². The minimum Gasteiger partial charge on any atom is -0.508 e. The average Bonchev–Trinajstić information content (AvgIpc) is 2.60. The number of hydroxylamine groups is 1. The van der Waals surface area contributed by atoms with Gasteiger partial charge in [0, 0.05) is 11.6 Å². The van der Waals surface area contributed by atoms with Gasteiger partial charge in [-0.05, 0) is 41.5 Å². The van der Waals surface area contributed by atoms with Crippen LogP contribution in [0, 0.1) is 0 Å². The third-order valence-corrected chi connectivity index (χ3v) is 2.94. The monoisotopic (exact) mass is 325 g/mol. The number of phenolic OH excluding ortho intramolecular Hbond substituents is 1. The topological polar surface area (TPSA) is 111 Å². The van der Waals surface area contributed by atoms with E-state index in [0.29, 0.717) is 16.7 Å². The third-order valence-electron chi connectivity index (χ3n) is 2.94. The van der Waals surface area contributed by atoms with Crippen molar-refractivity contribution in [2.75, 3.05) is 0 Å². The molecule has 4 N–H and O–H groups in total. The summed E-state index contributed by atoms with van der Waals surface area (Å²) in [6.07, 6.45) is 4.00. The summed E-state index contributed by atoms with van der Waals surface area (Å²) in [6.45, 7) is 0. The SMILES string of the molecule is O=C(/C=C/c1cccc(C(=O)N/N=C/c2cccc(O)c2)c1)NO. The van der Waals surface area contributed by atoms with Crippen molar-refractivity contribution in [1.29, 1.82) is 0 Å². The number of hydrazone groups is 1. The van der Waals surface area contributed by atoms with Gasteiger partial charge in [0.1, 0.15) is 5.75 Å². The molecule has 0 aromatic heterocycles. The van der Waals surface area contributed by atoms with Gasteiger partial charge >= 0.3 is 0 Å². The van der Waals surface area contributed by atoms with Crippen LogP contribution in [0.4, 0.5) is 0 Å². The Morgan fingerprint density at radius 2 is 1.79 bits per heavy atom. The van der Waals surface area contributed by atoms with Crippen LogP contribution in [0.2, 0.25) is 0 Å². The lowest BCUT2D eigenvalue weighted by Gasteiger charge is -2.01. The first-order valence-corrected chi connectivity index (χ1v) is 6.93. The van der Waals surface area contributed by atoms with Crippen LogP contribution in [0.5, 0.6) is 5.75 Å². The van der Waals surface area contributed by atoms with E-state index in [1.807, 2.05) is 0 Å². The third kappa shape index (κ3) is 5.08. The normalized spacial score (nSPS) is 10.9. The Bertz CT molecular complexity index is 800. The molecule has 2 rings (SSSR count). The zero-order valence-corrected chi connectivity index (χ0v) is 12.5. The molecule has 2 aromatic carbocycles. The molecule has 7 heteroatoms. The van der Waals surface area contributed by atoms with Crippen molar-refractivity contribution in [3.63, 3.8) is 0 Å². The van der Waals surface area contributed by atoms with Gasteiger partial charge in [0.05, 0.1) is 6.21 Å². The number of carbonyl (C=O) groups is 2. The van der Waals surface area contributed by atoms with Crippen molar-refractivity contribution in [1.82, 2.24) is 10.9 Å². The lowest BCUT2D eigenvalue weighted by atomic mass is 10.1. The quantitative estimate of drug-likeness (QED) is 0.290. The molecule has 2 aromatic rings. The Hall–Kier alpha value is -3.45. The van der Waals surface area contributed by atoms with E-state index in [2.05, 4.69) is 10.5 Å². The Morgan fingerprint density at radius 1 is 1.04 bits per heavy atom. The first kappa shape index (κ1) is 16.9. The van der Waals surface area contributed by atoms with Crippen molar-refractivity contribution in [3.05, 3.63) is 71.3 Å². The van der Waals surface area contributed by atoms with Gasteiger partial charge in [-0.15, -0.1) is 0 Å². The van der Waals surface area contributed by atoms with Crippen LogP contribution in [-0.2, 0) is 4.79 Å². The summed E-state index contributed by atoms with van der Waals surface area (Å²) in [4.78, 5) is 23.0. The number of benzene rings is 2. The lowest BCUT2D eigenvalue weighted by Crippen LogP contribution is -2.17. The van der Waals surface area contributed by atoms with Crippen molar-refractivity contribution < 1.29 is 19.9 Å². The van der Waals surface area contributed by atoms with Gasteiger partial charge in [0.25, 0.3) is 11.8 Å². The fourth-order valence-electron chi connectivity index (χ4n) is 1.83. The van der Waals surface area contributed by atoms with Gasteiger partial charge in [-0.25, -0.2) is 10.9 Å². The predicted octanol–water partition coefficient (Wildman–Crippen LogP) is 1.67. The highest BCUT2D eigenvalue weighted by molar-refractivity contribution is 5.96. The second kappa shape index (κ2) is 8.25. The molecule has 0 aliphatic rings. The molecular formula is C17H15N3O4. The van der Waals surface area contributed by atoms with Crippen molar-refractivity contribution >= 4 is 24.1 Å². The minimum absolute atomic E-state index is 0.108. The number of phenols is 1. The molecule has 0 saturated heterocycles. The summed E-state index contributed by atoms with van der Waals surface area (Å²) in [7, 11) is 0. The molecule has 0 unspecified atom stereocenters. The average molecular weight is 325 g/mol. The standard InChI is InChI=1S/C17H15N3O4/c21-15-6-2-4-13(10-15)11-18-19-17(23)14-5-1-3-12(9-14)7-8-16(22)20-24/h1-11,21,24H,(H,19,23)(H,20,22)/b8-7+,18-11+. The van der Waals surface area contributed by atoms with E-state index in [-0.39, 0.29) is 5.75 Å². The van der Waals surface area contributed by atoms with Crippen LogP contribution in [0.15, 0.2) is 59.7 Å². The van der Waals surface area contributed by atoms with Crippen molar-refractivity contribution in [3.8, 4) is 5.75 Å². The number of rotatable bonds is 5. The van der Waals surface area contributed by atoms with E-state index in [9.17, 15) is 14.7 Å². The summed E-state index contributed by atoms with van der Waals surface area (Å²) in [6, 6.07) is 13.0. The Labute approximate surface area is 137 Å². The Kier molecular flexibility index (Phi) is 5.82. The van der Waals surface area contributed by atoms with E-state index in [1.165, 1.54) is 29.9 Å². The first-order chi connectivity index (χ1) is 11.6. The van der Waals surface area contributed by atoms with E-state index in [4.69, 9.17) is 5.21 Å². The second-order valence-electron chi connectivity index (χ2n) is 4.73. The molecule has 0 atom stereocenters. The van der Waals surface area contributed by atoms with Crippen LogP contribution in [-0.4, -0.2) is 28.3 Å². The molecule has 0 heterocycles. The van der Waals surface area contributed by atoms with E-state index >= 15 is 0 Å². The molecule has 24 heavy (non-hydrogen) atoms. The van der Waals surface area contributed by atoms with Gasteiger partial charge in [-0.3, -0.25) is 14.8 Å². The molecule has 122 valence electrons. The number of carbonyl (C=O) groups excluding carboxylic acids is 2. The highest BCUT2D eigenvalue weighted by Gasteiger charge is 2.04. The maximum absolute atomic E-state index is 12.0. The number of hydrogen-bond acceptors (Lipinski definition) is 5. The fraction of sp³-hybridized carbons (Fsp3) is 0. The van der Waals surface area contributed by atoms with Crippen LogP contribution < -0.4 is 10.9 Å². The zero-order valence-electron chi connectivity index (χ0n) is 12.5. The summed E-state index contributed by atoms with van der Waals surface area (Å²) in [5.41, 5.74) is 5.46. The maximum atomic E-state index is 12.0. The summed E-state index contributed by atoms with van der Waals surface area (Å²) in [5, 5.41) is 21.6. The zero-order chi connectivity index (χ0) is 17.4. The molecular weight excluding hydrogens is 310 g/mol.